The second kappa shape index (κ2) is 6.62. The van der Waals surface area contributed by atoms with E-state index in [-0.39, 0.29) is 0 Å². The molecule has 0 saturated carbocycles. The van der Waals surface area contributed by atoms with Crippen LogP contribution in [0.2, 0.25) is 5.02 Å². The zero-order valence-corrected chi connectivity index (χ0v) is 12.2. The minimum Gasteiger partial charge on any atom is -0.385 e. The lowest BCUT2D eigenvalue weighted by molar-refractivity contribution is 0.337. The molecule has 0 unspecified atom stereocenters. The van der Waals surface area contributed by atoms with Crippen LogP contribution >= 0.6 is 27.5 Å². The number of hydrogen-bond acceptors (Lipinski definition) is 2. The number of nitrogens with zero attached hydrogens (tertiary/aromatic N) is 1. The Morgan fingerprint density at radius 1 is 1.29 bits per heavy atom. The van der Waals surface area contributed by atoms with Gasteiger partial charge in [-0.05, 0) is 73.0 Å². The van der Waals surface area contributed by atoms with Crippen LogP contribution in [0.25, 0.3) is 0 Å². The molecule has 1 aliphatic rings. The Bertz CT molecular complexity index is 364. The molecule has 17 heavy (non-hydrogen) atoms. The van der Waals surface area contributed by atoms with Crippen LogP contribution in [0.15, 0.2) is 22.7 Å². The smallest absolute Gasteiger partial charge is 0.0568 e. The van der Waals surface area contributed by atoms with Gasteiger partial charge in [0, 0.05) is 16.7 Å². The Kier molecular flexibility index (Phi) is 5.14. The molecule has 1 aliphatic heterocycles. The number of nitrogens with one attached hydrogen (secondary N) is 1. The monoisotopic (exact) mass is 316 g/mol. The number of halogens is 2. The summed E-state index contributed by atoms with van der Waals surface area (Å²) in [6, 6.07) is 5.98. The largest absolute Gasteiger partial charge is 0.385 e. The van der Waals surface area contributed by atoms with E-state index in [4.69, 9.17) is 11.6 Å². The Morgan fingerprint density at radius 2 is 2.06 bits per heavy atom. The molecule has 0 amide bonds. The Morgan fingerprint density at radius 3 is 2.76 bits per heavy atom. The Labute approximate surface area is 116 Å². The molecule has 0 aromatic heterocycles. The highest BCUT2D eigenvalue weighted by Gasteiger charge is 2.09. The van der Waals surface area contributed by atoms with Crippen LogP contribution < -0.4 is 5.32 Å². The van der Waals surface area contributed by atoms with Crippen molar-refractivity contribution in [3.05, 3.63) is 27.7 Å². The molecule has 0 aliphatic carbocycles. The van der Waals surface area contributed by atoms with E-state index in [1.165, 1.54) is 38.9 Å². The van der Waals surface area contributed by atoms with E-state index in [9.17, 15) is 0 Å². The first-order chi connectivity index (χ1) is 8.25. The molecule has 2 rings (SSSR count). The van der Waals surface area contributed by atoms with Crippen LogP contribution in [0.4, 0.5) is 5.69 Å². The topological polar surface area (TPSA) is 15.3 Å². The van der Waals surface area contributed by atoms with Crippen LogP contribution in [-0.2, 0) is 0 Å². The van der Waals surface area contributed by atoms with Gasteiger partial charge in [-0.25, -0.2) is 0 Å². The standard InChI is InChI=1S/C13H18BrClN2/c14-12-5-4-11(10-13(12)15)16-6-3-9-17-7-1-2-8-17/h4-5,10,16H,1-3,6-9H2. The first kappa shape index (κ1) is 13.2. The zero-order valence-electron chi connectivity index (χ0n) is 9.88. The fraction of sp³-hybridized carbons (Fsp3) is 0.538. The van der Waals surface area contributed by atoms with E-state index < -0.39 is 0 Å². The van der Waals surface area contributed by atoms with Crippen molar-refractivity contribution in [1.29, 1.82) is 0 Å². The van der Waals surface area contributed by atoms with Crippen LogP contribution in [0, 0.1) is 0 Å². The molecule has 1 aromatic carbocycles. The fourth-order valence-corrected chi connectivity index (χ4v) is 2.57. The van der Waals surface area contributed by atoms with Gasteiger partial charge in [-0.3, -0.25) is 0 Å². The first-order valence-electron chi connectivity index (χ1n) is 6.17. The number of anilines is 1. The average molecular weight is 318 g/mol. The highest BCUT2D eigenvalue weighted by Crippen LogP contribution is 2.25. The van der Waals surface area contributed by atoms with Gasteiger partial charge >= 0.3 is 0 Å². The van der Waals surface area contributed by atoms with Gasteiger partial charge in [0.25, 0.3) is 0 Å². The predicted molar refractivity (Wildman–Crippen MR) is 77.9 cm³/mol. The fourth-order valence-electron chi connectivity index (χ4n) is 2.15. The third kappa shape index (κ3) is 4.16. The van der Waals surface area contributed by atoms with E-state index in [1.807, 2.05) is 18.2 Å². The molecular formula is C13H18BrClN2. The highest BCUT2D eigenvalue weighted by atomic mass is 79.9. The van der Waals surface area contributed by atoms with Crippen molar-refractivity contribution in [2.24, 2.45) is 0 Å². The Hall–Kier alpha value is -0.250. The molecule has 2 nitrogen and oxygen atoms in total. The molecule has 1 aromatic rings. The molecule has 0 radical (unpaired) electrons. The van der Waals surface area contributed by atoms with Crippen molar-refractivity contribution < 1.29 is 0 Å². The number of benzene rings is 1. The maximum Gasteiger partial charge on any atom is 0.0568 e. The molecule has 0 bridgehead atoms. The molecule has 1 saturated heterocycles. The van der Waals surface area contributed by atoms with E-state index in [0.717, 1.165) is 21.7 Å². The lowest BCUT2D eigenvalue weighted by atomic mass is 10.3. The van der Waals surface area contributed by atoms with E-state index in [1.54, 1.807) is 0 Å². The third-order valence-electron chi connectivity index (χ3n) is 3.10. The molecule has 1 fully saturated rings. The third-order valence-corrected chi connectivity index (χ3v) is 4.33. The van der Waals surface area contributed by atoms with Crippen LogP contribution in [0.1, 0.15) is 19.3 Å². The predicted octanol–water partition coefficient (Wildman–Crippen LogP) is 4.00. The summed E-state index contributed by atoms with van der Waals surface area (Å²) in [5, 5.41) is 4.16. The highest BCUT2D eigenvalue weighted by molar-refractivity contribution is 9.10. The van der Waals surface area contributed by atoms with Gasteiger partial charge in [-0.1, -0.05) is 11.6 Å². The normalized spacial score (nSPS) is 16.4. The minimum atomic E-state index is 0.759. The van der Waals surface area contributed by atoms with Crippen molar-refractivity contribution in [3.63, 3.8) is 0 Å². The van der Waals surface area contributed by atoms with Crippen molar-refractivity contribution in [2.45, 2.75) is 19.3 Å². The summed E-state index contributed by atoms with van der Waals surface area (Å²) in [7, 11) is 0. The lowest BCUT2D eigenvalue weighted by Crippen LogP contribution is -2.22. The van der Waals surface area contributed by atoms with E-state index >= 15 is 0 Å². The first-order valence-corrected chi connectivity index (χ1v) is 7.34. The number of likely N-dealkylation sites (tertiary alicyclic amines) is 1. The SMILES string of the molecule is Clc1cc(NCCCN2CCCC2)ccc1Br. The van der Waals surface area contributed by atoms with Gasteiger partial charge in [0.05, 0.1) is 5.02 Å². The molecule has 94 valence electrons. The molecular weight excluding hydrogens is 300 g/mol. The van der Waals surface area contributed by atoms with Gasteiger partial charge in [0.1, 0.15) is 0 Å². The van der Waals surface area contributed by atoms with Gasteiger partial charge < -0.3 is 10.2 Å². The Balaban J connectivity index is 1.68. The van der Waals surface area contributed by atoms with Crippen molar-refractivity contribution >= 4 is 33.2 Å². The van der Waals surface area contributed by atoms with Crippen LogP contribution in [-0.4, -0.2) is 31.1 Å². The minimum absolute atomic E-state index is 0.759. The maximum absolute atomic E-state index is 6.04. The average Bonchev–Trinajstić information content (AvgIpc) is 2.82. The summed E-state index contributed by atoms with van der Waals surface area (Å²) in [4.78, 5) is 2.54. The van der Waals surface area contributed by atoms with Gasteiger partial charge in [0.2, 0.25) is 0 Å². The van der Waals surface area contributed by atoms with Crippen molar-refractivity contribution in [1.82, 2.24) is 4.90 Å². The van der Waals surface area contributed by atoms with Crippen molar-refractivity contribution in [3.8, 4) is 0 Å². The van der Waals surface area contributed by atoms with Gasteiger partial charge in [-0.2, -0.15) is 0 Å². The summed E-state index contributed by atoms with van der Waals surface area (Å²) in [5.41, 5.74) is 1.10. The second-order valence-electron chi connectivity index (χ2n) is 4.46. The quantitative estimate of drug-likeness (QED) is 0.826. The number of hydrogen-bond donors (Lipinski definition) is 1. The number of rotatable bonds is 5. The zero-order chi connectivity index (χ0) is 12.1. The van der Waals surface area contributed by atoms with E-state index in [2.05, 4.69) is 26.1 Å². The van der Waals surface area contributed by atoms with Crippen molar-refractivity contribution in [2.75, 3.05) is 31.5 Å². The molecule has 0 spiro atoms. The molecule has 1 N–H and O–H groups in total. The molecule has 4 heteroatoms. The molecule has 1 heterocycles. The van der Waals surface area contributed by atoms with Gasteiger partial charge in [-0.15, -0.1) is 0 Å². The second-order valence-corrected chi connectivity index (χ2v) is 5.72. The molecule has 0 atom stereocenters. The summed E-state index contributed by atoms with van der Waals surface area (Å²) >= 11 is 9.42. The summed E-state index contributed by atoms with van der Waals surface area (Å²) in [6.45, 7) is 4.78. The van der Waals surface area contributed by atoms with E-state index in [0.29, 0.717) is 0 Å². The lowest BCUT2D eigenvalue weighted by Gasteiger charge is -2.14. The summed E-state index contributed by atoms with van der Waals surface area (Å²) in [5.74, 6) is 0. The van der Waals surface area contributed by atoms with Crippen LogP contribution in [0.3, 0.4) is 0 Å². The summed E-state index contributed by atoms with van der Waals surface area (Å²) in [6.07, 6.45) is 3.93. The van der Waals surface area contributed by atoms with Crippen LogP contribution in [0.5, 0.6) is 0 Å². The maximum atomic E-state index is 6.04. The summed E-state index contributed by atoms with van der Waals surface area (Å²) < 4.78 is 0.946. The van der Waals surface area contributed by atoms with Gasteiger partial charge in [0.15, 0.2) is 0 Å².